The van der Waals surface area contributed by atoms with Crippen LogP contribution < -0.4 is 13.7 Å². The summed E-state index contributed by atoms with van der Waals surface area (Å²) in [6.45, 7) is 13.1. The van der Waals surface area contributed by atoms with E-state index in [1.165, 1.54) is 11.1 Å². The van der Waals surface area contributed by atoms with Crippen molar-refractivity contribution < 1.29 is 23.7 Å². The molecule has 0 spiro atoms. The van der Waals surface area contributed by atoms with E-state index in [4.69, 9.17) is 18.9 Å². The van der Waals surface area contributed by atoms with Crippen LogP contribution in [0, 0.1) is 0 Å². The van der Waals surface area contributed by atoms with Gasteiger partial charge in [0, 0.05) is 0 Å². The molecule has 6 heteroatoms. The zero-order valence-corrected chi connectivity index (χ0v) is 22.5. The van der Waals surface area contributed by atoms with Gasteiger partial charge in [-0.15, -0.1) is 0 Å². The molecule has 0 aliphatic heterocycles. The first-order valence-corrected chi connectivity index (χ1v) is 13.3. The molecule has 1 aliphatic carbocycles. The van der Waals surface area contributed by atoms with Gasteiger partial charge in [-0.3, -0.25) is 0 Å². The molecule has 0 aromatic heterocycles. The van der Waals surface area contributed by atoms with Crippen molar-refractivity contribution in [1.82, 2.24) is 0 Å². The van der Waals surface area contributed by atoms with E-state index in [0.717, 1.165) is 27.5 Å². The molecule has 5 nitrogen and oxygen atoms in total. The van der Waals surface area contributed by atoms with Gasteiger partial charge in [0.1, 0.15) is 0 Å². The zero-order chi connectivity index (χ0) is 24.2. The van der Waals surface area contributed by atoms with Crippen molar-refractivity contribution in [3.63, 3.8) is 0 Å². The first kappa shape index (κ1) is 25.8. The third-order valence-corrected chi connectivity index (χ3v) is 8.43. The van der Waals surface area contributed by atoms with E-state index in [9.17, 15) is 4.79 Å². The average Bonchev–Trinajstić information content (AvgIpc) is 2.78. The van der Waals surface area contributed by atoms with Gasteiger partial charge < -0.3 is 0 Å². The summed E-state index contributed by atoms with van der Waals surface area (Å²) in [5, 5.41) is 0. The first-order valence-electron chi connectivity index (χ1n) is 11.6. The summed E-state index contributed by atoms with van der Waals surface area (Å²) >= 11 is -0.0280. The molecule has 0 saturated heterocycles. The van der Waals surface area contributed by atoms with E-state index in [2.05, 4.69) is 39.8 Å². The molecule has 0 saturated carbocycles. The summed E-state index contributed by atoms with van der Waals surface area (Å²) in [5.41, 5.74) is 3.46. The maximum atomic E-state index is 12.0. The van der Waals surface area contributed by atoms with Crippen molar-refractivity contribution in [2.45, 2.75) is 71.7 Å². The minimum absolute atomic E-state index is 0.0280. The summed E-state index contributed by atoms with van der Waals surface area (Å²) < 4.78 is 24.6. The van der Waals surface area contributed by atoms with Gasteiger partial charge in [-0.05, 0) is 0 Å². The number of rotatable bonds is 9. The second kappa shape index (κ2) is 10.6. The third kappa shape index (κ3) is 5.99. The Balaban J connectivity index is 2.02. The molecule has 2 aromatic carbocycles. The molecular formula is C27H36O5Se. The molecule has 180 valence electrons. The van der Waals surface area contributed by atoms with Crippen LogP contribution in [0.1, 0.15) is 75.9 Å². The van der Waals surface area contributed by atoms with E-state index in [1.54, 1.807) is 7.11 Å². The van der Waals surface area contributed by atoms with Gasteiger partial charge >= 0.3 is 204 Å². The number of hydrogen-bond donors (Lipinski definition) is 0. The van der Waals surface area contributed by atoms with Crippen LogP contribution in [0.4, 0.5) is 0 Å². The quantitative estimate of drug-likeness (QED) is 0.282. The van der Waals surface area contributed by atoms with Gasteiger partial charge in [-0.1, -0.05) is 0 Å². The van der Waals surface area contributed by atoms with E-state index >= 15 is 0 Å². The zero-order valence-electron chi connectivity index (χ0n) is 20.8. The molecule has 0 fully saturated rings. The van der Waals surface area contributed by atoms with Crippen LogP contribution in [0.3, 0.4) is 0 Å². The molecule has 33 heavy (non-hydrogen) atoms. The number of esters is 1. The standard InChI is InChI=1S/C27H36O5Se/c1-8-30-24(28)18-10-12-19(13-11-18)33-23-17-21-20(26(3,4)14-15-27(21,5)6)16-22(23)32-25(29-7)31-9-2/h10-13,16-17,25H,8-9,14-15H2,1-7H3. The topological polar surface area (TPSA) is 54.0 Å². The van der Waals surface area contributed by atoms with Gasteiger partial charge in [0.05, 0.1) is 0 Å². The molecule has 2 aromatic rings. The molecule has 3 rings (SSSR count). The Morgan fingerprint density at radius 1 is 0.970 bits per heavy atom. The van der Waals surface area contributed by atoms with E-state index in [1.807, 2.05) is 38.1 Å². The Morgan fingerprint density at radius 3 is 2.12 bits per heavy atom. The van der Waals surface area contributed by atoms with Crippen LogP contribution in [0.5, 0.6) is 5.75 Å². The molecule has 0 radical (unpaired) electrons. The second-order valence-corrected chi connectivity index (χ2v) is 11.9. The van der Waals surface area contributed by atoms with Gasteiger partial charge in [0.15, 0.2) is 0 Å². The summed E-state index contributed by atoms with van der Waals surface area (Å²) in [6.07, 6.45) is 2.28. The summed E-state index contributed by atoms with van der Waals surface area (Å²) in [6, 6.07) is 12.2. The van der Waals surface area contributed by atoms with Gasteiger partial charge in [0.2, 0.25) is 0 Å². The maximum absolute atomic E-state index is 12.0. The molecule has 0 N–H and O–H groups in total. The Bertz CT molecular complexity index is 965. The van der Waals surface area contributed by atoms with Gasteiger partial charge in [-0.2, -0.15) is 0 Å². The molecular weight excluding hydrogens is 483 g/mol. The normalized spacial score (nSPS) is 17.2. The SMILES string of the molecule is CCOC(=O)c1ccc([Se]c2cc3c(cc2OC(OC)OCC)C(C)(C)CCC3(C)C)cc1. The van der Waals surface area contributed by atoms with Crippen LogP contribution in [-0.2, 0) is 25.0 Å². The molecule has 0 bridgehead atoms. The van der Waals surface area contributed by atoms with Crippen molar-refractivity contribution in [2.24, 2.45) is 0 Å². The number of carbonyl (C=O) groups excluding carboxylic acids is 1. The van der Waals surface area contributed by atoms with E-state index in [-0.39, 0.29) is 31.8 Å². The van der Waals surface area contributed by atoms with Crippen LogP contribution in [0.15, 0.2) is 36.4 Å². The summed E-state index contributed by atoms with van der Waals surface area (Å²) in [7, 11) is 1.59. The predicted molar refractivity (Wildman–Crippen MR) is 132 cm³/mol. The Labute approximate surface area is 204 Å². The van der Waals surface area contributed by atoms with Crippen molar-refractivity contribution in [3.8, 4) is 5.75 Å². The van der Waals surface area contributed by atoms with Crippen LogP contribution in [-0.4, -0.2) is 47.7 Å². The van der Waals surface area contributed by atoms with Gasteiger partial charge in [0.25, 0.3) is 0 Å². The van der Waals surface area contributed by atoms with E-state index in [0.29, 0.717) is 18.8 Å². The Hall–Kier alpha value is -1.85. The predicted octanol–water partition coefficient (Wildman–Crippen LogP) is 4.21. The molecule has 1 unspecified atom stereocenters. The second-order valence-electron chi connectivity index (χ2n) is 9.56. The number of hydrogen-bond acceptors (Lipinski definition) is 5. The van der Waals surface area contributed by atoms with Crippen LogP contribution in [0.2, 0.25) is 0 Å². The van der Waals surface area contributed by atoms with Crippen LogP contribution >= 0.6 is 0 Å². The van der Waals surface area contributed by atoms with Crippen molar-refractivity contribution in [3.05, 3.63) is 53.1 Å². The summed E-state index contributed by atoms with van der Waals surface area (Å²) in [5.74, 6) is 0.507. The molecule has 1 atom stereocenters. The first-order chi connectivity index (χ1) is 15.6. The fourth-order valence-corrected chi connectivity index (χ4v) is 6.05. The number of carbonyl (C=O) groups is 1. The van der Waals surface area contributed by atoms with Crippen molar-refractivity contribution >= 4 is 29.8 Å². The number of fused-ring (bicyclic) bond motifs is 1. The monoisotopic (exact) mass is 520 g/mol. The van der Waals surface area contributed by atoms with Gasteiger partial charge in [-0.25, -0.2) is 0 Å². The van der Waals surface area contributed by atoms with Crippen molar-refractivity contribution in [2.75, 3.05) is 20.3 Å². The Kier molecular flexibility index (Phi) is 8.28. The fraction of sp³-hybridized carbons (Fsp3) is 0.519. The number of methoxy groups -OCH3 is 1. The average molecular weight is 520 g/mol. The molecule has 0 amide bonds. The Morgan fingerprint density at radius 2 is 1.58 bits per heavy atom. The third-order valence-electron chi connectivity index (χ3n) is 6.23. The minimum atomic E-state index is -0.756. The molecule has 1 aliphatic rings. The number of benzene rings is 2. The molecule has 0 heterocycles. The fourth-order valence-electron chi connectivity index (χ4n) is 4.14. The van der Waals surface area contributed by atoms with Crippen molar-refractivity contribution in [1.29, 1.82) is 0 Å². The summed E-state index contributed by atoms with van der Waals surface area (Å²) in [4.78, 5) is 12.0. The number of ether oxygens (including phenoxy) is 4. The van der Waals surface area contributed by atoms with E-state index < -0.39 is 6.48 Å². The van der Waals surface area contributed by atoms with Crippen LogP contribution in [0.25, 0.3) is 0 Å².